The number of pyridine rings is 1. The molecule has 1 fully saturated rings. The number of carbonyl (C=O) groups is 2. The first-order valence-electron chi connectivity index (χ1n) is 10.8. The second-order valence-electron chi connectivity index (χ2n) is 8.74. The molecule has 0 bridgehead atoms. The van der Waals surface area contributed by atoms with E-state index in [-0.39, 0.29) is 43.1 Å². The Morgan fingerprint density at radius 2 is 1.85 bits per heavy atom. The zero-order chi connectivity index (χ0) is 24.3. The average Bonchev–Trinajstić information content (AvgIpc) is 2.74. The van der Waals surface area contributed by atoms with Crippen LogP contribution >= 0.6 is 0 Å². The minimum atomic E-state index is -3.10. The van der Waals surface area contributed by atoms with E-state index in [0.717, 1.165) is 11.1 Å². The number of alkyl halides is 2. The summed E-state index contributed by atoms with van der Waals surface area (Å²) in [5.74, 6) is -1.53. The number of nitrogens with one attached hydrogen (secondary N) is 1. The van der Waals surface area contributed by atoms with Gasteiger partial charge < -0.3 is 20.1 Å². The second-order valence-corrected chi connectivity index (χ2v) is 8.74. The van der Waals surface area contributed by atoms with Crippen LogP contribution in [0.25, 0.3) is 0 Å². The van der Waals surface area contributed by atoms with Crippen molar-refractivity contribution < 1.29 is 28.2 Å². The van der Waals surface area contributed by atoms with Crippen molar-refractivity contribution in [3.8, 4) is 5.88 Å². The summed E-state index contributed by atoms with van der Waals surface area (Å²) in [6.07, 6.45) is 0. The van der Waals surface area contributed by atoms with E-state index in [1.54, 1.807) is 19.9 Å². The average molecular weight is 462 g/mol. The molecule has 2 heterocycles. The number of aromatic nitrogens is 1. The van der Waals surface area contributed by atoms with Crippen LogP contribution in [0.4, 0.5) is 14.5 Å². The summed E-state index contributed by atoms with van der Waals surface area (Å²) in [6, 6.07) is 10.6. The third-order valence-electron chi connectivity index (χ3n) is 5.91. The Labute approximate surface area is 191 Å². The van der Waals surface area contributed by atoms with Gasteiger partial charge in [0.25, 0.3) is 0 Å². The number of hydrogen-bond acceptors (Lipinski definition) is 5. The quantitative estimate of drug-likeness (QED) is 0.628. The number of aryl methyl sites for hydroxylation is 1. The molecule has 1 aromatic heterocycles. The summed E-state index contributed by atoms with van der Waals surface area (Å²) >= 11 is 0. The van der Waals surface area contributed by atoms with E-state index in [9.17, 15) is 23.5 Å². The molecule has 1 aliphatic heterocycles. The first-order chi connectivity index (χ1) is 15.6. The number of nitrogens with zero attached hydrogens (tertiary/aromatic N) is 2. The Morgan fingerprint density at radius 3 is 2.45 bits per heavy atom. The molecule has 7 nitrogen and oxygen atoms in total. The molecule has 1 aliphatic rings. The number of carbonyl (C=O) groups excluding carboxylic acids is 2. The Balaban J connectivity index is 1.99. The fourth-order valence-corrected chi connectivity index (χ4v) is 4.07. The van der Waals surface area contributed by atoms with Crippen LogP contribution in [0.3, 0.4) is 0 Å². The number of ether oxygens (including phenoxy) is 1. The minimum absolute atomic E-state index is 0.0285. The summed E-state index contributed by atoms with van der Waals surface area (Å²) in [7, 11) is 0. The maximum absolute atomic E-state index is 13.7. The minimum Gasteiger partial charge on any atom is -0.415 e. The van der Waals surface area contributed by atoms with E-state index in [0.29, 0.717) is 5.69 Å². The van der Waals surface area contributed by atoms with Crippen LogP contribution in [0, 0.1) is 12.8 Å². The number of likely N-dealkylation sites (tertiary alicyclic amines) is 1. The van der Waals surface area contributed by atoms with Gasteiger partial charge in [-0.3, -0.25) is 9.59 Å². The van der Waals surface area contributed by atoms with Crippen molar-refractivity contribution in [2.75, 3.05) is 25.0 Å². The fraction of sp³-hybridized carbons (Fsp3) is 0.458. The Bertz CT molecular complexity index is 1020. The number of aliphatic hydroxyl groups is 1. The van der Waals surface area contributed by atoms with Gasteiger partial charge >= 0.3 is 6.61 Å². The normalized spacial score (nSPS) is 15.8. The molecule has 2 N–H and O–H groups in total. The number of hydrogen-bond donors (Lipinski definition) is 2. The van der Waals surface area contributed by atoms with Crippen molar-refractivity contribution in [1.82, 2.24) is 9.88 Å². The maximum atomic E-state index is 13.7. The highest BCUT2D eigenvalue weighted by Gasteiger charge is 2.53. The summed E-state index contributed by atoms with van der Waals surface area (Å²) in [5.41, 5.74) is 1.14. The molecule has 178 valence electrons. The molecule has 0 saturated carbocycles. The third kappa shape index (κ3) is 4.98. The summed E-state index contributed by atoms with van der Waals surface area (Å²) in [5, 5.41) is 12.1. The number of benzene rings is 1. The highest BCUT2D eigenvalue weighted by Crippen LogP contribution is 2.41. The number of halogens is 2. The summed E-state index contributed by atoms with van der Waals surface area (Å²) in [6.45, 7) is 4.10. The largest absolute Gasteiger partial charge is 0.415 e. The molecule has 0 radical (unpaired) electrons. The van der Waals surface area contributed by atoms with Gasteiger partial charge in [-0.25, -0.2) is 4.98 Å². The number of anilines is 1. The molecule has 33 heavy (non-hydrogen) atoms. The molecule has 9 heteroatoms. The van der Waals surface area contributed by atoms with Gasteiger partial charge in [0.1, 0.15) is 11.1 Å². The molecular weight excluding hydrogens is 432 g/mol. The lowest BCUT2D eigenvalue weighted by atomic mass is 9.69. The molecule has 1 saturated heterocycles. The van der Waals surface area contributed by atoms with E-state index in [1.807, 2.05) is 38.1 Å². The Kier molecular flexibility index (Phi) is 7.31. The molecule has 3 rings (SSSR count). The molecule has 1 atom stereocenters. The Hall–Kier alpha value is -3.07. The topological polar surface area (TPSA) is 91.8 Å². The highest BCUT2D eigenvalue weighted by atomic mass is 19.3. The van der Waals surface area contributed by atoms with E-state index >= 15 is 0 Å². The first-order valence-corrected chi connectivity index (χ1v) is 10.8. The molecule has 2 amide bonds. The van der Waals surface area contributed by atoms with Gasteiger partial charge in [0.05, 0.1) is 12.5 Å². The third-order valence-corrected chi connectivity index (χ3v) is 5.91. The van der Waals surface area contributed by atoms with Gasteiger partial charge in [-0.05, 0) is 36.1 Å². The van der Waals surface area contributed by atoms with E-state index in [2.05, 4.69) is 15.0 Å². The van der Waals surface area contributed by atoms with Gasteiger partial charge in [-0.15, -0.1) is 0 Å². The summed E-state index contributed by atoms with van der Waals surface area (Å²) < 4.78 is 30.3. The molecule has 0 spiro atoms. The van der Waals surface area contributed by atoms with E-state index < -0.39 is 23.9 Å². The molecular formula is C24H29F2N3O4. The second kappa shape index (κ2) is 9.82. The van der Waals surface area contributed by atoms with Gasteiger partial charge in [-0.1, -0.05) is 45.0 Å². The zero-order valence-corrected chi connectivity index (χ0v) is 19.1. The van der Waals surface area contributed by atoms with Crippen molar-refractivity contribution in [3.05, 3.63) is 53.2 Å². The lowest BCUT2D eigenvalue weighted by Gasteiger charge is -2.50. The van der Waals surface area contributed by atoms with Crippen molar-refractivity contribution in [1.29, 1.82) is 0 Å². The van der Waals surface area contributed by atoms with Crippen LogP contribution in [-0.2, 0) is 15.0 Å². The van der Waals surface area contributed by atoms with E-state index in [4.69, 9.17) is 0 Å². The Morgan fingerprint density at radius 1 is 1.18 bits per heavy atom. The van der Waals surface area contributed by atoms with Crippen LogP contribution < -0.4 is 10.1 Å². The molecule has 1 aromatic carbocycles. The molecule has 1 unspecified atom stereocenters. The predicted octanol–water partition coefficient (Wildman–Crippen LogP) is 3.46. The van der Waals surface area contributed by atoms with Crippen LogP contribution in [0.15, 0.2) is 36.4 Å². The smallest absolute Gasteiger partial charge is 0.388 e. The number of rotatable bonds is 8. The SMILES string of the molecule is Cc1ccc(NC(=O)C2(c3ccccc3C(C)C)CN(C(=O)C(C)CO)C2)c(OC(F)F)n1. The first kappa shape index (κ1) is 24.6. The fourth-order valence-electron chi connectivity index (χ4n) is 4.07. The van der Waals surface area contributed by atoms with Crippen LogP contribution in [0.5, 0.6) is 5.88 Å². The van der Waals surface area contributed by atoms with Crippen molar-refractivity contribution in [3.63, 3.8) is 0 Å². The summed E-state index contributed by atoms with van der Waals surface area (Å²) in [4.78, 5) is 31.8. The zero-order valence-electron chi connectivity index (χ0n) is 19.1. The van der Waals surface area contributed by atoms with Crippen LogP contribution in [-0.4, -0.2) is 53.1 Å². The highest BCUT2D eigenvalue weighted by molar-refractivity contribution is 6.02. The number of aliphatic hydroxyl groups excluding tert-OH is 1. The van der Waals surface area contributed by atoms with Gasteiger partial charge in [0.2, 0.25) is 17.7 Å². The van der Waals surface area contributed by atoms with Gasteiger partial charge in [-0.2, -0.15) is 8.78 Å². The lowest BCUT2D eigenvalue weighted by molar-refractivity contribution is -0.148. The van der Waals surface area contributed by atoms with Crippen molar-refractivity contribution in [2.24, 2.45) is 5.92 Å². The van der Waals surface area contributed by atoms with Crippen molar-refractivity contribution in [2.45, 2.75) is 45.6 Å². The molecule has 0 aliphatic carbocycles. The monoisotopic (exact) mass is 461 g/mol. The van der Waals surface area contributed by atoms with Crippen LogP contribution in [0.1, 0.15) is 43.5 Å². The molecule has 2 aromatic rings. The maximum Gasteiger partial charge on any atom is 0.388 e. The predicted molar refractivity (Wildman–Crippen MR) is 119 cm³/mol. The van der Waals surface area contributed by atoms with E-state index in [1.165, 1.54) is 11.0 Å². The van der Waals surface area contributed by atoms with Gasteiger partial charge in [0.15, 0.2) is 0 Å². The van der Waals surface area contributed by atoms with Gasteiger partial charge in [0, 0.05) is 18.8 Å². The lowest BCUT2D eigenvalue weighted by Crippen LogP contribution is -2.67. The van der Waals surface area contributed by atoms with Crippen molar-refractivity contribution >= 4 is 17.5 Å². The van der Waals surface area contributed by atoms with Crippen LogP contribution in [0.2, 0.25) is 0 Å². The number of amides is 2. The standard InChI is InChI=1S/C24H29F2N3O4/c1-14(2)17-7-5-6-8-18(17)24(12-29(13-24)21(31)15(3)11-30)22(32)28-19-10-9-16(4)27-20(19)33-23(25)26/h5-10,14-15,23,30H,11-13H2,1-4H3,(H,28,32).